The second-order valence-electron chi connectivity index (χ2n) is 8.99. The van der Waals surface area contributed by atoms with Crippen molar-refractivity contribution in [1.82, 2.24) is 4.90 Å². The minimum Gasteiger partial charge on any atom is -0.460 e. The molecule has 1 aliphatic heterocycles. The van der Waals surface area contributed by atoms with E-state index in [0.717, 1.165) is 17.7 Å². The van der Waals surface area contributed by atoms with Gasteiger partial charge in [0.25, 0.3) is 11.8 Å². The maximum absolute atomic E-state index is 13.0. The van der Waals surface area contributed by atoms with E-state index in [1.807, 2.05) is 6.92 Å². The number of amides is 2. The van der Waals surface area contributed by atoms with Crippen molar-refractivity contribution in [2.45, 2.75) is 65.5 Å². The summed E-state index contributed by atoms with van der Waals surface area (Å²) >= 11 is 0. The van der Waals surface area contributed by atoms with Crippen LogP contribution in [-0.2, 0) is 9.53 Å². The lowest BCUT2D eigenvalue weighted by Crippen LogP contribution is -2.48. The van der Waals surface area contributed by atoms with Gasteiger partial charge in [0.2, 0.25) is 0 Å². The summed E-state index contributed by atoms with van der Waals surface area (Å²) in [6.07, 6.45) is 3.29. The third-order valence-electron chi connectivity index (χ3n) is 7.77. The Kier molecular flexibility index (Phi) is 3.99. The molecule has 2 bridgehead atoms. The Hall–Kier alpha value is -2.17. The van der Waals surface area contributed by atoms with Crippen molar-refractivity contribution in [1.29, 1.82) is 0 Å². The van der Waals surface area contributed by atoms with Crippen LogP contribution < -0.4 is 0 Å². The quantitative estimate of drug-likeness (QED) is 0.598. The van der Waals surface area contributed by atoms with Crippen LogP contribution >= 0.6 is 0 Å². The molecule has 0 spiro atoms. The average Bonchev–Trinajstić information content (AvgIpc) is 3.10. The third-order valence-corrected chi connectivity index (χ3v) is 7.77. The largest absolute Gasteiger partial charge is 0.460 e. The van der Waals surface area contributed by atoms with Gasteiger partial charge in [-0.15, -0.1) is 0 Å². The van der Waals surface area contributed by atoms with E-state index in [1.54, 1.807) is 24.3 Å². The molecule has 3 aliphatic rings. The van der Waals surface area contributed by atoms with Crippen molar-refractivity contribution in [2.24, 2.45) is 16.7 Å². The fourth-order valence-electron chi connectivity index (χ4n) is 5.47. The molecule has 1 heterocycles. The molecule has 144 valence electrons. The Morgan fingerprint density at radius 2 is 1.78 bits per heavy atom. The minimum absolute atomic E-state index is 0.0480. The zero-order valence-corrected chi connectivity index (χ0v) is 16.5. The number of carbonyl (C=O) groups is 3. The molecule has 27 heavy (non-hydrogen) atoms. The first-order valence-electron chi connectivity index (χ1n) is 9.89. The predicted octanol–water partition coefficient (Wildman–Crippen LogP) is 3.82. The van der Waals surface area contributed by atoms with Gasteiger partial charge in [-0.05, 0) is 49.1 Å². The molecule has 5 nitrogen and oxygen atoms in total. The van der Waals surface area contributed by atoms with Gasteiger partial charge in [-0.25, -0.2) is 4.79 Å². The Bertz CT molecular complexity index is 794. The molecular formula is C22H27NO4. The van der Waals surface area contributed by atoms with E-state index in [9.17, 15) is 14.4 Å². The summed E-state index contributed by atoms with van der Waals surface area (Å²) < 4.78 is 5.96. The summed E-state index contributed by atoms with van der Waals surface area (Å²) in [7, 11) is 0. The van der Waals surface area contributed by atoms with Crippen molar-refractivity contribution in [3.63, 3.8) is 0 Å². The highest BCUT2D eigenvalue weighted by molar-refractivity contribution is 6.22. The molecule has 1 aromatic rings. The average molecular weight is 369 g/mol. The molecule has 0 N–H and O–H groups in total. The van der Waals surface area contributed by atoms with E-state index in [4.69, 9.17) is 4.74 Å². The van der Waals surface area contributed by atoms with Crippen LogP contribution in [0.15, 0.2) is 24.3 Å². The summed E-state index contributed by atoms with van der Waals surface area (Å²) in [5.74, 6) is -0.709. The fourth-order valence-corrected chi connectivity index (χ4v) is 5.47. The van der Waals surface area contributed by atoms with E-state index >= 15 is 0 Å². The normalized spacial score (nSPS) is 31.9. The molecule has 4 atom stereocenters. The second kappa shape index (κ2) is 5.91. The van der Waals surface area contributed by atoms with Gasteiger partial charge < -0.3 is 4.74 Å². The van der Waals surface area contributed by atoms with Crippen LogP contribution in [0.2, 0.25) is 0 Å². The smallest absolute Gasteiger partial charge is 0.329 e. The molecule has 4 rings (SSSR count). The van der Waals surface area contributed by atoms with E-state index in [1.165, 1.54) is 6.42 Å². The minimum atomic E-state index is -0.872. The van der Waals surface area contributed by atoms with Crippen molar-refractivity contribution >= 4 is 17.8 Å². The molecule has 0 radical (unpaired) electrons. The SMILES string of the molecule is CC[C@@H](C(=O)O[C@@H]1C[C@@H]2CC[C@@]1(C)C2(C)C)N1C(=O)c2ccccc2C1=O. The number of carbonyl (C=O) groups excluding carboxylic acids is 3. The zero-order valence-electron chi connectivity index (χ0n) is 16.5. The molecule has 2 amide bonds. The lowest BCUT2D eigenvalue weighted by Gasteiger charge is -2.39. The van der Waals surface area contributed by atoms with Crippen molar-refractivity contribution in [3.8, 4) is 0 Å². The number of ether oxygens (including phenoxy) is 1. The highest BCUT2D eigenvalue weighted by Gasteiger charge is 2.63. The van der Waals surface area contributed by atoms with Gasteiger partial charge >= 0.3 is 5.97 Å². The molecule has 2 aliphatic carbocycles. The number of rotatable bonds is 4. The Labute approximate surface area is 160 Å². The van der Waals surface area contributed by atoms with Gasteiger partial charge in [0.05, 0.1) is 11.1 Å². The maximum Gasteiger partial charge on any atom is 0.329 e. The lowest BCUT2D eigenvalue weighted by molar-refractivity contribution is -0.161. The molecule has 0 aromatic heterocycles. The summed E-state index contributed by atoms with van der Waals surface area (Å²) in [6, 6.07) is 5.85. The van der Waals surface area contributed by atoms with E-state index < -0.39 is 23.8 Å². The number of benzene rings is 1. The maximum atomic E-state index is 13.0. The Morgan fingerprint density at radius 1 is 1.19 bits per heavy atom. The number of esters is 1. The molecule has 1 aromatic carbocycles. The lowest BCUT2D eigenvalue weighted by atomic mass is 9.70. The van der Waals surface area contributed by atoms with Gasteiger partial charge in [0, 0.05) is 5.41 Å². The topological polar surface area (TPSA) is 63.7 Å². The van der Waals surface area contributed by atoms with E-state index in [-0.39, 0.29) is 16.9 Å². The molecular weight excluding hydrogens is 342 g/mol. The summed E-state index contributed by atoms with van der Waals surface area (Å²) in [5.41, 5.74) is 0.812. The Morgan fingerprint density at radius 3 is 2.22 bits per heavy atom. The van der Waals surface area contributed by atoms with Crippen LogP contribution in [0.5, 0.6) is 0 Å². The summed E-state index contributed by atoms with van der Waals surface area (Å²) in [6.45, 7) is 8.54. The highest BCUT2D eigenvalue weighted by atomic mass is 16.5. The first kappa shape index (κ1) is 18.2. The zero-order chi connectivity index (χ0) is 19.6. The number of nitrogens with zero attached hydrogens (tertiary/aromatic N) is 1. The standard InChI is InChI=1S/C22H27NO4/c1-5-16(23-18(24)14-8-6-7-9-15(14)19(23)25)20(26)27-17-12-13-10-11-22(17,4)21(13,2)3/h6-9,13,16-17H,5,10-12H2,1-4H3/t13-,16-,17+,22+/m0/s1. The number of hydrogen-bond acceptors (Lipinski definition) is 4. The molecule has 0 unspecified atom stereocenters. The summed E-state index contributed by atoms with van der Waals surface area (Å²) in [4.78, 5) is 39.6. The third kappa shape index (κ3) is 2.33. The monoisotopic (exact) mass is 369 g/mol. The van der Waals surface area contributed by atoms with Crippen LogP contribution in [0, 0.1) is 16.7 Å². The van der Waals surface area contributed by atoms with Gasteiger partial charge in [-0.1, -0.05) is 39.8 Å². The number of imide groups is 1. The van der Waals surface area contributed by atoms with Crippen LogP contribution in [-0.4, -0.2) is 34.8 Å². The summed E-state index contributed by atoms with van der Waals surface area (Å²) in [5, 5.41) is 0. The van der Waals surface area contributed by atoms with Gasteiger partial charge in [0.15, 0.2) is 0 Å². The molecule has 5 heteroatoms. The van der Waals surface area contributed by atoms with Crippen LogP contribution in [0.1, 0.15) is 74.1 Å². The molecule has 2 saturated carbocycles. The number of hydrogen-bond donors (Lipinski definition) is 0. The van der Waals surface area contributed by atoms with Crippen LogP contribution in [0.3, 0.4) is 0 Å². The highest BCUT2D eigenvalue weighted by Crippen LogP contribution is 2.66. The van der Waals surface area contributed by atoms with Crippen LogP contribution in [0.4, 0.5) is 0 Å². The first-order chi connectivity index (χ1) is 12.7. The molecule has 0 saturated heterocycles. The Balaban J connectivity index is 1.56. The predicted molar refractivity (Wildman–Crippen MR) is 100 cm³/mol. The molecule has 2 fully saturated rings. The first-order valence-corrected chi connectivity index (χ1v) is 9.89. The second-order valence-corrected chi connectivity index (χ2v) is 8.99. The fraction of sp³-hybridized carbons (Fsp3) is 0.591. The van der Waals surface area contributed by atoms with Crippen molar-refractivity contribution in [2.75, 3.05) is 0 Å². The van der Waals surface area contributed by atoms with E-state index in [0.29, 0.717) is 23.5 Å². The van der Waals surface area contributed by atoms with E-state index in [2.05, 4.69) is 20.8 Å². The van der Waals surface area contributed by atoms with Crippen molar-refractivity contribution in [3.05, 3.63) is 35.4 Å². The number of fused-ring (bicyclic) bond motifs is 3. The van der Waals surface area contributed by atoms with Gasteiger partial charge in [0.1, 0.15) is 12.1 Å². The van der Waals surface area contributed by atoms with Gasteiger partial charge in [-0.3, -0.25) is 14.5 Å². The van der Waals surface area contributed by atoms with Crippen molar-refractivity contribution < 1.29 is 19.1 Å². The van der Waals surface area contributed by atoms with Crippen LogP contribution in [0.25, 0.3) is 0 Å². The van der Waals surface area contributed by atoms with Gasteiger partial charge in [-0.2, -0.15) is 0 Å².